The topological polar surface area (TPSA) is 73.6 Å². The number of benzene rings is 1. The van der Waals surface area contributed by atoms with Gasteiger partial charge in [0.1, 0.15) is 0 Å². The van der Waals surface area contributed by atoms with E-state index in [1.54, 1.807) is 7.11 Å². The number of carbonyl (C=O) groups excluding carboxylic acids is 1. The highest BCUT2D eigenvalue weighted by atomic mass is 16.5. The van der Waals surface area contributed by atoms with Crippen molar-refractivity contribution < 1.29 is 14.3 Å². The Morgan fingerprint density at radius 2 is 2.11 bits per heavy atom. The molecule has 5 nitrogen and oxygen atoms in total. The second kappa shape index (κ2) is 6.43. The van der Waals surface area contributed by atoms with Crippen LogP contribution in [0.2, 0.25) is 0 Å². The summed E-state index contributed by atoms with van der Waals surface area (Å²) in [7, 11) is 1.60. The molecule has 0 heterocycles. The van der Waals surface area contributed by atoms with E-state index in [1.807, 2.05) is 24.3 Å². The molecular weight excluding hydrogens is 244 g/mol. The van der Waals surface area contributed by atoms with Gasteiger partial charge in [-0.2, -0.15) is 0 Å². The maximum absolute atomic E-state index is 11.3. The fourth-order valence-corrected chi connectivity index (χ4v) is 1.87. The highest BCUT2D eigenvalue weighted by Crippen LogP contribution is 2.26. The lowest BCUT2D eigenvalue weighted by molar-refractivity contribution is -0.120. The van der Waals surface area contributed by atoms with Crippen LogP contribution in [-0.4, -0.2) is 31.7 Å². The molecule has 0 saturated heterocycles. The zero-order valence-corrected chi connectivity index (χ0v) is 11.1. The van der Waals surface area contributed by atoms with Gasteiger partial charge in [-0.15, -0.1) is 0 Å². The standard InChI is InChI=1S/C14H20N2O3/c1-18-12-4-2-3-5-13(12)19-9-8-11(14(15)17)16-10-6-7-10/h2-5,10-11,16H,6-9H2,1H3,(H2,15,17). The van der Waals surface area contributed by atoms with E-state index in [0.29, 0.717) is 30.6 Å². The molecule has 1 amide bonds. The third-order valence-electron chi connectivity index (χ3n) is 3.09. The Morgan fingerprint density at radius 1 is 1.42 bits per heavy atom. The number of hydrogen-bond acceptors (Lipinski definition) is 4. The zero-order chi connectivity index (χ0) is 13.7. The summed E-state index contributed by atoms with van der Waals surface area (Å²) < 4.78 is 10.8. The van der Waals surface area contributed by atoms with Crippen LogP contribution in [0.4, 0.5) is 0 Å². The maximum Gasteiger partial charge on any atom is 0.234 e. The quantitative estimate of drug-likeness (QED) is 0.736. The van der Waals surface area contributed by atoms with Gasteiger partial charge in [0.2, 0.25) is 5.91 Å². The van der Waals surface area contributed by atoms with Gasteiger partial charge in [-0.3, -0.25) is 4.79 Å². The van der Waals surface area contributed by atoms with Gasteiger partial charge in [0.15, 0.2) is 11.5 Å². The molecular formula is C14H20N2O3. The number of hydrogen-bond donors (Lipinski definition) is 2. The SMILES string of the molecule is COc1ccccc1OCCC(NC1CC1)C(N)=O. The number of para-hydroxylation sites is 2. The molecule has 1 aromatic rings. The fourth-order valence-electron chi connectivity index (χ4n) is 1.87. The Hall–Kier alpha value is -1.75. The number of amides is 1. The second-order valence-electron chi connectivity index (χ2n) is 4.68. The van der Waals surface area contributed by atoms with Gasteiger partial charge in [0.25, 0.3) is 0 Å². The van der Waals surface area contributed by atoms with Crippen LogP contribution in [0, 0.1) is 0 Å². The van der Waals surface area contributed by atoms with Crippen LogP contribution in [0.5, 0.6) is 11.5 Å². The summed E-state index contributed by atoms with van der Waals surface area (Å²) in [5.74, 6) is 1.04. The largest absolute Gasteiger partial charge is 0.493 e. The van der Waals surface area contributed by atoms with Gasteiger partial charge in [-0.05, 0) is 25.0 Å². The molecule has 1 aliphatic rings. The molecule has 104 valence electrons. The number of rotatable bonds is 8. The molecule has 0 spiro atoms. The van der Waals surface area contributed by atoms with Crippen molar-refractivity contribution >= 4 is 5.91 Å². The van der Waals surface area contributed by atoms with E-state index in [0.717, 1.165) is 12.8 Å². The van der Waals surface area contributed by atoms with E-state index in [4.69, 9.17) is 15.2 Å². The summed E-state index contributed by atoms with van der Waals surface area (Å²) in [4.78, 5) is 11.3. The third kappa shape index (κ3) is 4.13. The zero-order valence-electron chi connectivity index (χ0n) is 11.1. The van der Waals surface area contributed by atoms with Crippen molar-refractivity contribution in [3.05, 3.63) is 24.3 Å². The molecule has 1 aromatic carbocycles. The molecule has 0 bridgehead atoms. The first-order valence-corrected chi connectivity index (χ1v) is 6.52. The van der Waals surface area contributed by atoms with Gasteiger partial charge in [-0.25, -0.2) is 0 Å². The van der Waals surface area contributed by atoms with E-state index >= 15 is 0 Å². The molecule has 1 unspecified atom stereocenters. The van der Waals surface area contributed by atoms with Crippen LogP contribution in [0.3, 0.4) is 0 Å². The van der Waals surface area contributed by atoms with E-state index < -0.39 is 0 Å². The summed E-state index contributed by atoms with van der Waals surface area (Å²) in [6.07, 6.45) is 2.80. The summed E-state index contributed by atoms with van der Waals surface area (Å²) in [6.45, 7) is 0.424. The average Bonchev–Trinajstić information content (AvgIpc) is 3.22. The first-order chi connectivity index (χ1) is 9.20. The maximum atomic E-state index is 11.3. The summed E-state index contributed by atoms with van der Waals surface area (Å²) in [6, 6.07) is 7.57. The van der Waals surface area contributed by atoms with Gasteiger partial charge in [0, 0.05) is 12.5 Å². The van der Waals surface area contributed by atoms with Crippen molar-refractivity contribution in [2.75, 3.05) is 13.7 Å². The van der Waals surface area contributed by atoms with Crippen LogP contribution >= 0.6 is 0 Å². The Kier molecular flexibility index (Phi) is 4.63. The van der Waals surface area contributed by atoms with Crippen LogP contribution in [-0.2, 0) is 4.79 Å². The number of methoxy groups -OCH3 is 1. The van der Waals surface area contributed by atoms with Crippen LogP contribution in [0.1, 0.15) is 19.3 Å². The van der Waals surface area contributed by atoms with Crippen LogP contribution < -0.4 is 20.5 Å². The van der Waals surface area contributed by atoms with Crippen LogP contribution in [0.25, 0.3) is 0 Å². The van der Waals surface area contributed by atoms with Gasteiger partial charge >= 0.3 is 0 Å². The summed E-state index contributed by atoms with van der Waals surface area (Å²) in [5.41, 5.74) is 5.37. The van der Waals surface area contributed by atoms with E-state index in [1.165, 1.54) is 0 Å². The van der Waals surface area contributed by atoms with Crippen molar-refractivity contribution in [3.8, 4) is 11.5 Å². The predicted molar refractivity (Wildman–Crippen MR) is 72.2 cm³/mol. The molecule has 2 rings (SSSR count). The normalized spacial score (nSPS) is 15.8. The number of carbonyl (C=O) groups is 1. The lowest BCUT2D eigenvalue weighted by Crippen LogP contribution is -2.43. The molecule has 0 radical (unpaired) electrons. The Bertz CT molecular complexity index is 432. The van der Waals surface area contributed by atoms with Crippen molar-refractivity contribution in [1.29, 1.82) is 0 Å². The molecule has 1 saturated carbocycles. The number of primary amides is 1. The van der Waals surface area contributed by atoms with E-state index in [9.17, 15) is 4.79 Å². The molecule has 0 aromatic heterocycles. The minimum atomic E-state index is -0.324. The second-order valence-corrected chi connectivity index (χ2v) is 4.68. The highest BCUT2D eigenvalue weighted by Gasteiger charge is 2.27. The number of nitrogens with one attached hydrogen (secondary N) is 1. The predicted octanol–water partition coefficient (Wildman–Crippen LogP) is 1.07. The Morgan fingerprint density at radius 3 is 2.68 bits per heavy atom. The van der Waals surface area contributed by atoms with E-state index in [2.05, 4.69) is 5.32 Å². The van der Waals surface area contributed by atoms with Gasteiger partial charge < -0.3 is 20.5 Å². The molecule has 3 N–H and O–H groups in total. The molecule has 1 aliphatic carbocycles. The molecule has 19 heavy (non-hydrogen) atoms. The first kappa shape index (κ1) is 13.7. The van der Waals surface area contributed by atoms with Crippen molar-refractivity contribution in [2.45, 2.75) is 31.3 Å². The van der Waals surface area contributed by atoms with Gasteiger partial charge in [-0.1, -0.05) is 12.1 Å². The third-order valence-corrected chi connectivity index (χ3v) is 3.09. The lowest BCUT2D eigenvalue weighted by Gasteiger charge is -2.16. The average molecular weight is 264 g/mol. The van der Waals surface area contributed by atoms with Crippen LogP contribution in [0.15, 0.2) is 24.3 Å². The van der Waals surface area contributed by atoms with Crippen molar-refractivity contribution in [1.82, 2.24) is 5.32 Å². The smallest absolute Gasteiger partial charge is 0.234 e. The van der Waals surface area contributed by atoms with E-state index in [-0.39, 0.29) is 11.9 Å². The monoisotopic (exact) mass is 264 g/mol. The molecule has 0 aliphatic heterocycles. The number of ether oxygens (including phenoxy) is 2. The molecule has 1 atom stereocenters. The Labute approximate surface area is 113 Å². The highest BCUT2D eigenvalue weighted by molar-refractivity contribution is 5.79. The Balaban J connectivity index is 1.82. The minimum absolute atomic E-state index is 0.317. The van der Waals surface area contributed by atoms with Gasteiger partial charge in [0.05, 0.1) is 19.8 Å². The lowest BCUT2D eigenvalue weighted by atomic mass is 10.2. The number of nitrogens with two attached hydrogens (primary N) is 1. The summed E-state index contributed by atoms with van der Waals surface area (Å²) in [5, 5.41) is 3.22. The molecule has 5 heteroatoms. The minimum Gasteiger partial charge on any atom is -0.493 e. The summed E-state index contributed by atoms with van der Waals surface area (Å²) >= 11 is 0. The van der Waals surface area contributed by atoms with Crippen molar-refractivity contribution in [3.63, 3.8) is 0 Å². The fraction of sp³-hybridized carbons (Fsp3) is 0.500. The molecule has 1 fully saturated rings. The van der Waals surface area contributed by atoms with Crippen molar-refractivity contribution in [2.24, 2.45) is 5.73 Å². The first-order valence-electron chi connectivity index (χ1n) is 6.52.